The molecule has 0 aliphatic heterocycles. The van der Waals surface area contributed by atoms with Gasteiger partial charge in [0.1, 0.15) is 11.8 Å². The highest BCUT2D eigenvalue weighted by Gasteiger charge is 2.08. The Morgan fingerprint density at radius 3 is 2.52 bits per heavy atom. The SMILES string of the molecule is CNC(=O)c1ccc(NCc2cc(C#N)n(C)c2C)cc1. The Hall–Kier alpha value is -2.74. The molecule has 0 radical (unpaired) electrons. The molecular formula is C16H18N4O. The summed E-state index contributed by atoms with van der Waals surface area (Å²) in [5, 5.41) is 14.9. The number of anilines is 1. The summed E-state index contributed by atoms with van der Waals surface area (Å²) in [5.74, 6) is -0.0980. The van der Waals surface area contributed by atoms with E-state index in [2.05, 4.69) is 16.7 Å². The molecule has 0 spiro atoms. The van der Waals surface area contributed by atoms with Crippen molar-refractivity contribution in [1.82, 2.24) is 9.88 Å². The fraction of sp³-hybridized carbons (Fsp3) is 0.250. The molecule has 21 heavy (non-hydrogen) atoms. The first-order valence-electron chi connectivity index (χ1n) is 6.68. The van der Waals surface area contributed by atoms with Gasteiger partial charge in [0.25, 0.3) is 5.91 Å². The molecule has 1 aromatic heterocycles. The van der Waals surface area contributed by atoms with Crippen LogP contribution in [0.3, 0.4) is 0 Å². The number of hydrogen-bond donors (Lipinski definition) is 2. The summed E-state index contributed by atoms with van der Waals surface area (Å²) < 4.78 is 1.88. The molecule has 0 atom stereocenters. The summed E-state index contributed by atoms with van der Waals surface area (Å²) >= 11 is 0. The van der Waals surface area contributed by atoms with E-state index >= 15 is 0 Å². The fourth-order valence-electron chi connectivity index (χ4n) is 2.13. The minimum atomic E-state index is -0.0980. The Bertz CT molecular complexity index is 692. The van der Waals surface area contributed by atoms with E-state index < -0.39 is 0 Å². The number of nitrogens with zero attached hydrogens (tertiary/aromatic N) is 2. The Kier molecular flexibility index (Phi) is 4.29. The van der Waals surface area contributed by atoms with E-state index in [1.165, 1.54) is 0 Å². The number of rotatable bonds is 4. The van der Waals surface area contributed by atoms with Gasteiger partial charge in [-0.1, -0.05) is 0 Å². The molecule has 2 N–H and O–H groups in total. The molecule has 0 saturated heterocycles. The van der Waals surface area contributed by atoms with E-state index in [1.54, 1.807) is 19.2 Å². The molecule has 0 unspecified atom stereocenters. The van der Waals surface area contributed by atoms with Crippen LogP contribution in [0.15, 0.2) is 30.3 Å². The van der Waals surface area contributed by atoms with Gasteiger partial charge in [-0.2, -0.15) is 5.26 Å². The molecule has 1 aromatic carbocycles. The molecule has 1 amide bonds. The number of nitriles is 1. The molecule has 0 saturated carbocycles. The summed E-state index contributed by atoms with van der Waals surface area (Å²) in [4.78, 5) is 11.5. The summed E-state index contributed by atoms with van der Waals surface area (Å²) in [7, 11) is 3.50. The second-order valence-corrected chi connectivity index (χ2v) is 4.82. The smallest absolute Gasteiger partial charge is 0.251 e. The lowest BCUT2D eigenvalue weighted by molar-refractivity contribution is 0.0963. The van der Waals surface area contributed by atoms with E-state index in [9.17, 15) is 4.79 Å². The lowest BCUT2D eigenvalue weighted by Crippen LogP contribution is -2.17. The zero-order chi connectivity index (χ0) is 15.4. The monoisotopic (exact) mass is 282 g/mol. The Morgan fingerprint density at radius 2 is 2.00 bits per heavy atom. The first-order chi connectivity index (χ1) is 10.1. The number of nitrogens with one attached hydrogen (secondary N) is 2. The molecule has 2 aromatic rings. The van der Waals surface area contributed by atoms with Crippen LogP contribution < -0.4 is 10.6 Å². The van der Waals surface area contributed by atoms with Crippen LogP contribution in [0.4, 0.5) is 5.69 Å². The van der Waals surface area contributed by atoms with Gasteiger partial charge in [0, 0.05) is 37.6 Å². The van der Waals surface area contributed by atoms with E-state index in [4.69, 9.17) is 5.26 Å². The first-order valence-corrected chi connectivity index (χ1v) is 6.68. The van der Waals surface area contributed by atoms with E-state index in [-0.39, 0.29) is 5.91 Å². The van der Waals surface area contributed by atoms with E-state index in [0.717, 1.165) is 16.9 Å². The minimum absolute atomic E-state index is 0.0980. The average Bonchev–Trinajstić information content (AvgIpc) is 2.80. The maximum absolute atomic E-state index is 11.5. The normalized spacial score (nSPS) is 10.0. The number of benzene rings is 1. The van der Waals surface area contributed by atoms with Gasteiger partial charge in [0.15, 0.2) is 0 Å². The van der Waals surface area contributed by atoms with Crippen molar-refractivity contribution in [1.29, 1.82) is 5.26 Å². The highest BCUT2D eigenvalue weighted by Crippen LogP contribution is 2.16. The van der Waals surface area contributed by atoms with Crippen LogP contribution in [0.2, 0.25) is 0 Å². The Labute approximate surface area is 124 Å². The fourth-order valence-corrected chi connectivity index (χ4v) is 2.13. The number of hydrogen-bond acceptors (Lipinski definition) is 3. The van der Waals surface area contributed by atoms with Crippen LogP contribution in [0, 0.1) is 18.3 Å². The van der Waals surface area contributed by atoms with Crippen molar-refractivity contribution in [3.63, 3.8) is 0 Å². The van der Waals surface area contributed by atoms with Gasteiger partial charge in [0.05, 0.1) is 0 Å². The molecule has 2 rings (SSSR count). The Balaban J connectivity index is 2.07. The Morgan fingerprint density at radius 1 is 1.33 bits per heavy atom. The number of amides is 1. The van der Waals surface area contributed by atoms with Crippen LogP contribution in [-0.2, 0) is 13.6 Å². The average molecular weight is 282 g/mol. The van der Waals surface area contributed by atoms with Crippen molar-refractivity contribution < 1.29 is 4.79 Å². The summed E-state index contributed by atoms with van der Waals surface area (Å²) in [6.07, 6.45) is 0. The quantitative estimate of drug-likeness (QED) is 0.903. The van der Waals surface area contributed by atoms with Crippen LogP contribution in [0.1, 0.15) is 27.3 Å². The predicted molar refractivity (Wildman–Crippen MR) is 82.0 cm³/mol. The van der Waals surface area contributed by atoms with Crippen molar-refractivity contribution in [2.45, 2.75) is 13.5 Å². The van der Waals surface area contributed by atoms with E-state index in [1.807, 2.05) is 36.7 Å². The third-order valence-electron chi connectivity index (χ3n) is 3.61. The standard InChI is InChI=1S/C16H18N4O/c1-11-13(8-15(9-17)20(11)3)10-19-14-6-4-12(5-7-14)16(21)18-2/h4-8,19H,10H2,1-3H3,(H,18,21). The van der Waals surface area contributed by atoms with Crippen molar-refractivity contribution in [2.75, 3.05) is 12.4 Å². The second kappa shape index (κ2) is 6.14. The number of carbonyl (C=O) groups excluding carboxylic acids is 1. The number of carbonyl (C=O) groups is 1. The number of aromatic nitrogens is 1. The maximum Gasteiger partial charge on any atom is 0.251 e. The van der Waals surface area contributed by atoms with Crippen LogP contribution in [0.25, 0.3) is 0 Å². The summed E-state index contributed by atoms with van der Waals surface area (Å²) in [6, 6.07) is 11.4. The molecule has 5 heteroatoms. The molecular weight excluding hydrogens is 264 g/mol. The topological polar surface area (TPSA) is 69.8 Å². The minimum Gasteiger partial charge on any atom is -0.381 e. The molecule has 0 bridgehead atoms. The zero-order valence-electron chi connectivity index (χ0n) is 12.4. The van der Waals surface area contributed by atoms with Crippen LogP contribution in [0.5, 0.6) is 0 Å². The maximum atomic E-state index is 11.5. The zero-order valence-corrected chi connectivity index (χ0v) is 12.4. The van der Waals surface area contributed by atoms with Gasteiger partial charge in [0.2, 0.25) is 0 Å². The lowest BCUT2D eigenvalue weighted by atomic mass is 10.2. The van der Waals surface area contributed by atoms with Crippen molar-refractivity contribution in [3.05, 3.63) is 52.8 Å². The van der Waals surface area contributed by atoms with Crippen molar-refractivity contribution in [2.24, 2.45) is 7.05 Å². The van der Waals surface area contributed by atoms with Crippen LogP contribution in [-0.4, -0.2) is 17.5 Å². The molecule has 0 aliphatic rings. The van der Waals surface area contributed by atoms with Crippen molar-refractivity contribution >= 4 is 11.6 Å². The lowest BCUT2D eigenvalue weighted by Gasteiger charge is -2.07. The largest absolute Gasteiger partial charge is 0.381 e. The second-order valence-electron chi connectivity index (χ2n) is 4.82. The van der Waals surface area contributed by atoms with Gasteiger partial charge >= 0.3 is 0 Å². The van der Waals surface area contributed by atoms with E-state index in [0.29, 0.717) is 17.8 Å². The van der Waals surface area contributed by atoms with Crippen molar-refractivity contribution in [3.8, 4) is 6.07 Å². The molecule has 108 valence electrons. The summed E-state index contributed by atoms with van der Waals surface area (Å²) in [6.45, 7) is 2.63. The molecule has 5 nitrogen and oxygen atoms in total. The molecule has 0 aliphatic carbocycles. The molecule has 1 heterocycles. The highest BCUT2D eigenvalue weighted by atomic mass is 16.1. The summed E-state index contributed by atoms with van der Waals surface area (Å²) in [5.41, 5.74) is 4.37. The van der Waals surface area contributed by atoms with Crippen LogP contribution >= 0.6 is 0 Å². The third kappa shape index (κ3) is 3.06. The van der Waals surface area contributed by atoms with Gasteiger partial charge < -0.3 is 15.2 Å². The van der Waals surface area contributed by atoms with Gasteiger partial charge in [-0.15, -0.1) is 0 Å². The van der Waals surface area contributed by atoms with Gasteiger partial charge in [-0.05, 0) is 42.8 Å². The predicted octanol–water partition coefficient (Wildman–Crippen LogP) is 2.18. The highest BCUT2D eigenvalue weighted by molar-refractivity contribution is 5.94. The third-order valence-corrected chi connectivity index (χ3v) is 3.61. The first kappa shape index (κ1) is 14.7. The van der Waals surface area contributed by atoms with Gasteiger partial charge in [-0.3, -0.25) is 4.79 Å². The molecule has 0 fully saturated rings. The van der Waals surface area contributed by atoms with Gasteiger partial charge in [-0.25, -0.2) is 0 Å².